The number of ether oxygens (including phenoxy) is 2. The molecule has 4 aromatic rings. The van der Waals surface area contributed by atoms with E-state index in [0.717, 1.165) is 57.0 Å². The van der Waals surface area contributed by atoms with Crippen LogP contribution in [-0.4, -0.2) is 19.5 Å². The van der Waals surface area contributed by atoms with Crippen LogP contribution in [0.1, 0.15) is 42.4 Å². The molecule has 0 bridgehead atoms. The van der Waals surface area contributed by atoms with Crippen LogP contribution in [0.15, 0.2) is 84.9 Å². The molecule has 4 rings (SSSR count). The third kappa shape index (κ3) is 6.79. The lowest BCUT2D eigenvalue weighted by Crippen LogP contribution is -2.10. The van der Waals surface area contributed by atoms with Crippen molar-refractivity contribution >= 4 is 33.0 Å². The second-order valence-corrected chi connectivity index (χ2v) is 10.6. The van der Waals surface area contributed by atoms with Gasteiger partial charge in [0.25, 0.3) is 0 Å². The Balaban J connectivity index is 1.63. The summed E-state index contributed by atoms with van der Waals surface area (Å²) in [5.41, 5.74) is 9.20. The molecule has 0 saturated carbocycles. The number of benzene rings is 4. The fourth-order valence-electron chi connectivity index (χ4n) is 4.80. The molecule has 38 heavy (non-hydrogen) atoms. The number of alkyl halides is 1. The van der Waals surface area contributed by atoms with E-state index in [1.165, 1.54) is 36.8 Å². The Morgan fingerprint density at radius 2 is 1.18 bits per heavy atom. The third-order valence-electron chi connectivity index (χ3n) is 6.99. The normalized spacial score (nSPS) is 10.9. The quantitative estimate of drug-likeness (QED) is 0.125. The number of hydrogen-bond acceptors (Lipinski definition) is 3. The molecular weight excluding hydrogens is 534 g/mol. The predicted octanol–water partition coefficient (Wildman–Crippen LogP) is 9.96. The van der Waals surface area contributed by atoms with Crippen LogP contribution in [0.5, 0.6) is 11.5 Å². The molecule has 0 aliphatic heterocycles. The highest BCUT2D eigenvalue weighted by molar-refractivity contribution is 9.09. The van der Waals surface area contributed by atoms with Crippen molar-refractivity contribution in [3.05, 3.63) is 102 Å². The standard InChI is InChI=1S/C34H38BrNO2/c1-25-10-16-29(17-11-25)36(30-18-12-27(13-19-30)9-7-5-6-8-22-35)31-20-14-28(15-21-31)32-24-33(37-3)26(2)23-34(32)38-4/h10-21,23-24H,5-9,22H2,1-4H3. The van der Waals surface area contributed by atoms with Crippen molar-refractivity contribution in [2.45, 2.75) is 46.0 Å². The van der Waals surface area contributed by atoms with E-state index >= 15 is 0 Å². The van der Waals surface area contributed by atoms with Gasteiger partial charge < -0.3 is 14.4 Å². The number of rotatable bonds is 12. The maximum absolute atomic E-state index is 5.70. The van der Waals surface area contributed by atoms with E-state index in [0.29, 0.717) is 0 Å². The second-order valence-electron chi connectivity index (χ2n) is 9.76. The van der Waals surface area contributed by atoms with Crippen molar-refractivity contribution in [1.82, 2.24) is 0 Å². The molecule has 0 aliphatic rings. The van der Waals surface area contributed by atoms with Crippen LogP contribution in [0.3, 0.4) is 0 Å². The van der Waals surface area contributed by atoms with Crippen molar-refractivity contribution in [2.75, 3.05) is 24.4 Å². The Morgan fingerprint density at radius 1 is 0.632 bits per heavy atom. The molecule has 0 heterocycles. The Hall–Kier alpha value is -3.24. The number of aryl methyl sites for hydroxylation is 3. The molecule has 0 fully saturated rings. The molecule has 0 atom stereocenters. The molecule has 3 nitrogen and oxygen atoms in total. The van der Waals surface area contributed by atoms with Crippen molar-refractivity contribution < 1.29 is 9.47 Å². The molecule has 0 aliphatic carbocycles. The number of methoxy groups -OCH3 is 2. The van der Waals surface area contributed by atoms with Gasteiger partial charge in [0.05, 0.1) is 14.2 Å². The largest absolute Gasteiger partial charge is 0.496 e. The monoisotopic (exact) mass is 571 g/mol. The van der Waals surface area contributed by atoms with Gasteiger partial charge in [-0.05, 0) is 98.3 Å². The lowest BCUT2D eigenvalue weighted by Gasteiger charge is -2.26. The number of anilines is 3. The van der Waals surface area contributed by atoms with Gasteiger partial charge in [0.1, 0.15) is 11.5 Å². The highest BCUT2D eigenvalue weighted by Crippen LogP contribution is 2.39. The Morgan fingerprint density at radius 3 is 1.76 bits per heavy atom. The van der Waals surface area contributed by atoms with Crippen LogP contribution in [0.25, 0.3) is 11.1 Å². The van der Waals surface area contributed by atoms with Crippen molar-refractivity contribution in [3.8, 4) is 22.6 Å². The van der Waals surface area contributed by atoms with E-state index in [1.54, 1.807) is 14.2 Å². The highest BCUT2D eigenvalue weighted by Gasteiger charge is 2.15. The van der Waals surface area contributed by atoms with E-state index in [1.807, 2.05) is 13.0 Å². The van der Waals surface area contributed by atoms with Gasteiger partial charge in [0.15, 0.2) is 0 Å². The Kier molecular flexibility index (Phi) is 9.89. The first kappa shape index (κ1) is 27.8. The molecule has 0 N–H and O–H groups in total. The summed E-state index contributed by atoms with van der Waals surface area (Å²) in [5.74, 6) is 1.70. The summed E-state index contributed by atoms with van der Waals surface area (Å²) in [6.45, 7) is 4.16. The average molecular weight is 573 g/mol. The zero-order valence-electron chi connectivity index (χ0n) is 23.0. The average Bonchev–Trinajstić information content (AvgIpc) is 2.95. The van der Waals surface area contributed by atoms with E-state index in [-0.39, 0.29) is 0 Å². The topological polar surface area (TPSA) is 21.7 Å². The maximum Gasteiger partial charge on any atom is 0.127 e. The molecule has 0 amide bonds. The van der Waals surface area contributed by atoms with E-state index in [2.05, 4.69) is 107 Å². The van der Waals surface area contributed by atoms with Gasteiger partial charge in [-0.25, -0.2) is 0 Å². The smallest absolute Gasteiger partial charge is 0.127 e. The SMILES string of the molecule is COc1cc(-c2ccc(N(c3ccc(C)cc3)c3ccc(CCCCCCBr)cc3)cc2)c(OC)cc1C. The fourth-order valence-corrected chi connectivity index (χ4v) is 5.19. The van der Waals surface area contributed by atoms with Gasteiger partial charge in [0, 0.05) is 28.0 Å². The van der Waals surface area contributed by atoms with Gasteiger partial charge in [-0.1, -0.05) is 70.7 Å². The van der Waals surface area contributed by atoms with Crippen LogP contribution in [0.2, 0.25) is 0 Å². The second kappa shape index (κ2) is 13.5. The van der Waals surface area contributed by atoms with Crippen LogP contribution in [0, 0.1) is 13.8 Å². The van der Waals surface area contributed by atoms with E-state index in [9.17, 15) is 0 Å². The number of hydrogen-bond donors (Lipinski definition) is 0. The summed E-state index contributed by atoms with van der Waals surface area (Å²) < 4.78 is 11.3. The Bertz CT molecular complexity index is 1300. The van der Waals surface area contributed by atoms with Crippen LogP contribution in [0.4, 0.5) is 17.1 Å². The molecule has 0 unspecified atom stereocenters. The third-order valence-corrected chi connectivity index (χ3v) is 7.55. The zero-order valence-corrected chi connectivity index (χ0v) is 24.6. The van der Waals surface area contributed by atoms with Crippen LogP contribution in [-0.2, 0) is 6.42 Å². The number of nitrogens with zero attached hydrogens (tertiary/aromatic N) is 1. The summed E-state index contributed by atoms with van der Waals surface area (Å²) in [4.78, 5) is 2.32. The molecule has 198 valence electrons. The van der Waals surface area contributed by atoms with Gasteiger partial charge in [-0.3, -0.25) is 0 Å². The summed E-state index contributed by atoms with van der Waals surface area (Å²) in [7, 11) is 3.42. The fraction of sp³-hybridized carbons (Fsp3) is 0.294. The molecule has 4 aromatic carbocycles. The van der Waals surface area contributed by atoms with E-state index < -0.39 is 0 Å². The minimum Gasteiger partial charge on any atom is -0.496 e. The summed E-state index contributed by atoms with van der Waals surface area (Å²) in [5, 5.41) is 1.10. The molecular formula is C34H38BrNO2. The molecule has 0 spiro atoms. The predicted molar refractivity (Wildman–Crippen MR) is 165 cm³/mol. The minimum atomic E-state index is 0.842. The van der Waals surface area contributed by atoms with Gasteiger partial charge in [0.2, 0.25) is 0 Å². The van der Waals surface area contributed by atoms with Crippen molar-refractivity contribution in [1.29, 1.82) is 0 Å². The molecule has 4 heteroatoms. The first-order valence-electron chi connectivity index (χ1n) is 13.4. The number of unbranched alkanes of at least 4 members (excludes halogenated alkanes) is 3. The zero-order chi connectivity index (χ0) is 26.9. The van der Waals surface area contributed by atoms with Crippen molar-refractivity contribution in [2.24, 2.45) is 0 Å². The van der Waals surface area contributed by atoms with Gasteiger partial charge in [-0.15, -0.1) is 0 Å². The minimum absolute atomic E-state index is 0.842. The van der Waals surface area contributed by atoms with Crippen LogP contribution >= 0.6 is 15.9 Å². The lowest BCUT2D eigenvalue weighted by atomic mass is 10.0. The van der Waals surface area contributed by atoms with Crippen LogP contribution < -0.4 is 14.4 Å². The first-order chi connectivity index (χ1) is 18.5. The number of halogens is 1. The summed E-state index contributed by atoms with van der Waals surface area (Å²) in [6, 6.07) is 30.5. The lowest BCUT2D eigenvalue weighted by molar-refractivity contribution is 0.402. The molecule has 0 saturated heterocycles. The maximum atomic E-state index is 5.70. The van der Waals surface area contributed by atoms with Gasteiger partial charge in [-0.2, -0.15) is 0 Å². The summed E-state index contributed by atoms with van der Waals surface area (Å²) in [6.07, 6.45) is 6.20. The molecule has 0 radical (unpaired) electrons. The first-order valence-corrected chi connectivity index (χ1v) is 14.5. The molecule has 0 aromatic heterocycles. The Labute approximate surface area is 236 Å². The van der Waals surface area contributed by atoms with E-state index in [4.69, 9.17) is 9.47 Å². The van der Waals surface area contributed by atoms with Crippen molar-refractivity contribution in [3.63, 3.8) is 0 Å². The van der Waals surface area contributed by atoms with Gasteiger partial charge >= 0.3 is 0 Å². The highest BCUT2D eigenvalue weighted by atomic mass is 79.9. The summed E-state index contributed by atoms with van der Waals surface area (Å²) >= 11 is 3.53.